The molecule has 0 unspecified atom stereocenters. The van der Waals surface area contributed by atoms with Crippen LogP contribution in [0.1, 0.15) is 17.3 Å². The summed E-state index contributed by atoms with van der Waals surface area (Å²) in [6.07, 6.45) is 0. The molecule has 1 aromatic heterocycles. The van der Waals surface area contributed by atoms with E-state index in [4.69, 9.17) is 0 Å². The van der Waals surface area contributed by atoms with E-state index in [0.29, 0.717) is 17.0 Å². The maximum atomic E-state index is 12.6. The molecule has 1 saturated heterocycles. The molecule has 1 atom stereocenters. The molecule has 8 heteroatoms. The van der Waals surface area contributed by atoms with Crippen LogP contribution in [0.25, 0.3) is 0 Å². The third kappa shape index (κ3) is 5.48. The minimum Gasteiger partial charge on any atom is -0.333 e. The van der Waals surface area contributed by atoms with Crippen LogP contribution in [-0.2, 0) is 4.79 Å². The number of nitrogens with zero attached hydrogens (tertiary/aromatic N) is 1. The van der Waals surface area contributed by atoms with Gasteiger partial charge in [0.2, 0.25) is 5.91 Å². The van der Waals surface area contributed by atoms with Crippen LogP contribution in [-0.4, -0.2) is 48.1 Å². The molecule has 26 heavy (non-hydrogen) atoms. The van der Waals surface area contributed by atoms with E-state index in [-0.39, 0.29) is 30.3 Å². The Hall–Kier alpha value is -1.54. The van der Waals surface area contributed by atoms with Crippen molar-refractivity contribution in [2.24, 2.45) is 0 Å². The summed E-state index contributed by atoms with van der Waals surface area (Å²) in [6, 6.07) is 11.3. The molecule has 2 amide bonds. The number of carbonyl (C=O) groups excluding carboxylic acids is 2. The lowest BCUT2D eigenvalue weighted by Crippen LogP contribution is -2.52. The predicted molar refractivity (Wildman–Crippen MR) is 111 cm³/mol. The lowest BCUT2D eigenvalue weighted by atomic mass is 10.1. The quantitative estimate of drug-likeness (QED) is 0.741. The van der Waals surface area contributed by atoms with Gasteiger partial charge in [0.05, 0.1) is 9.96 Å². The average Bonchev–Trinajstić information content (AvgIpc) is 3.14. The number of carbonyl (C=O) groups is 2. The highest BCUT2D eigenvalue weighted by atomic mass is 35.5. The molecule has 2 heterocycles. The van der Waals surface area contributed by atoms with Crippen LogP contribution in [0.4, 0.5) is 5.69 Å². The summed E-state index contributed by atoms with van der Waals surface area (Å²) < 4.78 is 1.13. The SMILES string of the molecule is C[C@@H]1CNCCN1C(=O)c1ccc(NC(=O)CSc2cccs2)cc1.Cl. The molecule has 1 aromatic carbocycles. The second-order valence-corrected chi connectivity index (χ2v) is 8.12. The van der Waals surface area contributed by atoms with Crippen molar-refractivity contribution in [3.05, 3.63) is 47.3 Å². The summed E-state index contributed by atoms with van der Waals surface area (Å²) >= 11 is 3.15. The average molecular weight is 412 g/mol. The van der Waals surface area contributed by atoms with E-state index in [1.165, 1.54) is 11.8 Å². The van der Waals surface area contributed by atoms with Crippen LogP contribution in [0.5, 0.6) is 0 Å². The standard InChI is InChI=1S/C18H21N3O2S2.ClH/c1-13-11-19-8-9-21(13)18(23)14-4-6-15(7-5-14)20-16(22)12-25-17-3-2-10-24-17;/h2-7,10,13,19H,8-9,11-12H2,1H3,(H,20,22);1H/t13-;/m1./s1. The van der Waals surface area contributed by atoms with Crippen molar-refractivity contribution >= 4 is 53.0 Å². The number of hydrogen-bond acceptors (Lipinski definition) is 5. The van der Waals surface area contributed by atoms with Crippen LogP contribution >= 0.6 is 35.5 Å². The van der Waals surface area contributed by atoms with Gasteiger partial charge in [-0.1, -0.05) is 6.07 Å². The minimum atomic E-state index is -0.0480. The second kappa shape index (κ2) is 9.97. The number of rotatable bonds is 5. The number of nitrogens with one attached hydrogen (secondary N) is 2. The third-order valence-corrected chi connectivity index (χ3v) is 6.15. The molecule has 1 aliphatic rings. The third-order valence-electron chi connectivity index (χ3n) is 4.02. The summed E-state index contributed by atoms with van der Waals surface area (Å²) in [4.78, 5) is 26.5. The van der Waals surface area contributed by atoms with Gasteiger partial charge in [0.15, 0.2) is 0 Å². The summed E-state index contributed by atoms with van der Waals surface area (Å²) in [6.45, 7) is 4.41. The highest BCUT2D eigenvalue weighted by molar-refractivity contribution is 8.01. The van der Waals surface area contributed by atoms with Gasteiger partial charge in [0.25, 0.3) is 5.91 Å². The van der Waals surface area contributed by atoms with Gasteiger partial charge in [-0.15, -0.1) is 35.5 Å². The van der Waals surface area contributed by atoms with Crippen LogP contribution in [0.15, 0.2) is 46.0 Å². The zero-order chi connectivity index (χ0) is 17.6. The lowest BCUT2D eigenvalue weighted by molar-refractivity contribution is -0.113. The molecule has 0 aliphatic carbocycles. The van der Waals surface area contributed by atoms with Gasteiger partial charge in [0, 0.05) is 36.9 Å². The van der Waals surface area contributed by atoms with Crippen molar-refractivity contribution < 1.29 is 9.59 Å². The fourth-order valence-electron chi connectivity index (χ4n) is 2.68. The molecule has 1 aliphatic heterocycles. The molecule has 140 valence electrons. The lowest BCUT2D eigenvalue weighted by Gasteiger charge is -2.34. The van der Waals surface area contributed by atoms with E-state index in [9.17, 15) is 9.59 Å². The second-order valence-electron chi connectivity index (χ2n) is 5.90. The number of anilines is 1. The van der Waals surface area contributed by atoms with E-state index >= 15 is 0 Å². The molecule has 0 bridgehead atoms. The number of thioether (sulfide) groups is 1. The van der Waals surface area contributed by atoms with Gasteiger partial charge in [-0.3, -0.25) is 9.59 Å². The summed E-state index contributed by atoms with van der Waals surface area (Å²) in [5.74, 6) is 0.368. The first-order chi connectivity index (χ1) is 12.1. The van der Waals surface area contributed by atoms with Gasteiger partial charge in [0.1, 0.15) is 0 Å². The van der Waals surface area contributed by atoms with E-state index in [1.807, 2.05) is 29.3 Å². The summed E-state index contributed by atoms with van der Waals surface area (Å²) in [5, 5.41) is 8.14. The number of thiophene rings is 1. The normalized spacial score (nSPS) is 16.7. The monoisotopic (exact) mass is 411 g/mol. The van der Waals surface area contributed by atoms with Crippen molar-refractivity contribution in [1.82, 2.24) is 10.2 Å². The van der Waals surface area contributed by atoms with Crippen molar-refractivity contribution in [3.8, 4) is 0 Å². The highest BCUT2D eigenvalue weighted by Gasteiger charge is 2.23. The Balaban J connectivity index is 0.00000243. The Morgan fingerprint density at radius 3 is 2.73 bits per heavy atom. The van der Waals surface area contributed by atoms with Crippen LogP contribution in [0.3, 0.4) is 0 Å². The zero-order valence-electron chi connectivity index (χ0n) is 14.4. The minimum absolute atomic E-state index is 0. The van der Waals surface area contributed by atoms with Crippen molar-refractivity contribution in [2.75, 3.05) is 30.7 Å². The van der Waals surface area contributed by atoms with Crippen molar-refractivity contribution in [3.63, 3.8) is 0 Å². The first kappa shape index (κ1) is 20.8. The number of amides is 2. The Morgan fingerprint density at radius 2 is 2.08 bits per heavy atom. The highest BCUT2D eigenvalue weighted by Crippen LogP contribution is 2.23. The number of hydrogen-bond donors (Lipinski definition) is 2. The number of benzene rings is 1. The van der Waals surface area contributed by atoms with Gasteiger partial charge in [-0.05, 0) is 42.6 Å². The Morgan fingerprint density at radius 1 is 1.31 bits per heavy atom. The Bertz CT molecular complexity index is 723. The van der Waals surface area contributed by atoms with E-state index in [2.05, 4.69) is 10.6 Å². The molecule has 2 aromatic rings. The maximum Gasteiger partial charge on any atom is 0.254 e. The molecule has 2 N–H and O–H groups in total. The van der Waals surface area contributed by atoms with Gasteiger partial charge >= 0.3 is 0 Å². The molecular weight excluding hydrogens is 390 g/mol. The molecule has 5 nitrogen and oxygen atoms in total. The molecular formula is C18H22ClN3O2S2. The number of halogens is 1. The van der Waals surface area contributed by atoms with Gasteiger partial charge in [-0.25, -0.2) is 0 Å². The van der Waals surface area contributed by atoms with Gasteiger partial charge < -0.3 is 15.5 Å². The van der Waals surface area contributed by atoms with Crippen LogP contribution in [0.2, 0.25) is 0 Å². The van der Waals surface area contributed by atoms with Crippen molar-refractivity contribution in [2.45, 2.75) is 17.2 Å². The molecule has 0 radical (unpaired) electrons. The number of piperazine rings is 1. The summed E-state index contributed by atoms with van der Waals surface area (Å²) in [7, 11) is 0. The molecule has 3 rings (SSSR count). The van der Waals surface area contributed by atoms with E-state index in [0.717, 1.165) is 23.8 Å². The molecule has 0 saturated carbocycles. The van der Waals surface area contributed by atoms with Crippen LogP contribution in [0, 0.1) is 0 Å². The van der Waals surface area contributed by atoms with Crippen molar-refractivity contribution in [1.29, 1.82) is 0 Å². The zero-order valence-corrected chi connectivity index (χ0v) is 16.9. The first-order valence-corrected chi connectivity index (χ1v) is 10.1. The fourth-order valence-corrected chi connectivity index (χ4v) is 4.27. The Kier molecular flexibility index (Phi) is 7.96. The maximum absolute atomic E-state index is 12.6. The predicted octanol–water partition coefficient (Wildman–Crippen LogP) is 3.33. The van der Waals surface area contributed by atoms with Gasteiger partial charge in [-0.2, -0.15) is 0 Å². The molecule has 1 fully saturated rings. The largest absolute Gasteiger partial charge is 0.333 e. The smallest absolute Gasteiger partial charge is 0.254 e. The van der Waals surface area contributed by atoms with E-state index < -0.39 is 0 Å². The fraction of sp³-hybridized carbons (Fsp3) is 0.333. The molecule has 0 spiro atoms. The first-order valence-electron chi connectivity index (χ1n) is 8.21. The topological polar surface area (TPSA) is 61.4 Å². The Labute approximate surface area is 168 Å². The van der Waals surface area contributed by atoms with Crippen LogP contribution < -0.4 is 10.6 Å². The summed E-state index contributed by atoms with van der Waals surface area (Å²) in [5.41, 5.74) is 1.36. The van der Waals surface area contributed by atoms with E-state index in [1.54, 1.807) is 35.6 Å².